The molecule has 1 aliphatic heterocycles. The van der Waals surface area contributed by atoms with Gasteiger partial charge in [-0.25, -0.2) is 4.68 Å². The second-order valence-electron chi connectivity index (χ2n) is 7.42. The van der Waals surface area contributed by atoms with Gasteiger partial charge in [0, 0.05) is 0 Å². The number of aryl methyl sites for hydroxylation is 1. The molecule has 134 valence electrons. The summed E-state index contributed by atoms with van der Waals surface area (Å²) in [4.78, 5) is 4.38. The van der Waals surface area contributed by atoms with E-state index in [0.29, 0.717) is 11.9 Å². The zero-order chi connectivity index (χ0) is 18.3. The molecule has 0 amide bonds. The molecule has 5 heteroatoms. The van der Waals surface area contributed by atoms with Gasteiger partial charge >= 0.3 is 0 Å². The first kappa shape index (κ1) is 16.6. The molecule has 3 aromatic rings. The minimum absolute atomic E-state index is 0.114. The number of fused-ring (bicyclic) bond motifs is 1. The fraction of sp³-hybridized carbons (Fsp3) is 0.333. The largest absolute Gasteiger partial charge is 0.366 e. The number of benzene rings is 2. The third kappa shape index (κ3) is 3.05. The Labute approximate surface area is 154 Å². The molecule has 0 aliphatic carbocycles. The highest BCUT2D eigenvalue weighted by molar-refractivity contribution is 5.42. The number of hydrogen-bond acceptors (Lipinski definition) is 4. The second kappa shape index (κ2) is 6.48. The number of aromatic nitrogens is 3. The van der Waals surface area contributed by atoms with Crippen LogP contribution in [0.15, 0.2) is 48.5 Å². The van der Waals surface area contributed by atoms with Crippen molar-refractivity contribution in [1.29, 1.82) is 0 Å². The Balaban J connectivity index is 1.71. The summed E-state index contributed by atoms with van der Waals surface area (Å²) in [5.74, 6) is 1.56. The van der Waals surface area contributed by atoms with Gasteiger partial charge in [-0.15, -0.1) is 5.10 Å². The van der Waals surface area contributed by atoms with E-state index in [1.165, 1.54) is 22.3 Å². The molecule has 0 spiro atoms. The first-order chi connectivity index (χ1) is 12.5. The predicted molar refractivity (Wildman–Crippen MR) is 105 cm³/mol. The number of nitrogens with one attached hydrogen (secondary N) is 1. The van der Waals surface area contributed by atoms with E-state index in [-0.39, 0.29) is 12.1 Å². The van der Waals surface area contributed by atoms with Crippen molar-refractivity contribution in [3.8, 4) is 0 Å². The SMILES string of the molecule is Cc1ccc([C@@H]2C[C@H](c3ccc(C(C)C)cc3)n3nc(N)nc3N2)cc1. The van der Waals surface area contributed by atoms with Gasteiger partial charge in [0.05, 0.1) is 12.1 Å². The van der Waals surface area contributed by atoms with Crippen LogP contribution < -0.4 is 11.1 Å². The van der Waals surface area contributed by atoms with Gasteiger partial charge < -0.3 is 11.1 Å². The van der Waals surface area contributed by atoms with Crippen molar-refractivity contribution in [2.75, 3.05) is 11.1 Å². The first-order valence-electron chi connectivity index (χ1n) is 9.16. The highest BCUT2D eigenvalue weighted by atomic mass is 15.4. The summed E-state index contributed by atoms with van der Waals surface area (Å²) in [7, 11) is 0. The van der Waals surface area contributed by atoms with Gasteiger partial charge in [0.25, 0.3) is 0 Å². The molecule has 1 aliphatic rings. The van der Waals surface area contributed by atoms with Crippen LogP contribution in [0.5, 0.6) is 0 Å². The molecule has 0 saturated heterocycles. The molecule has 0 bridgehead atoms. The van der Waals surface area contributed by atoms with Crippen molar-refractivity contribution in [1.82, 2.24) is 14.8 Å². The minimum Gasteiger partial charge on any atom is -0.366 e. The molecule has 4 rings (SSSR count). The molecule has 0 saturated carbocycles. The summed E-state index contributed by atoms with van der Waals surface area (Å²) in [5.41, 5.74) is 11.0. The van der Waals surface area contributed by atoms with Crippen LogP contribution in [-0.4, -0.2) is 14.8 Å². The van der Waals surface area contributed by atoms with Gasteiger partial charge in [-0.05, 0) is 36.0 Å². The number of hydrogen-bond donors (Lipinski definition) is 2. The van der Waals surface area contributed by atoms with Crippen molar-refractivity contribution in [2.45, 2.75) is 45.2 Å². The molecule has 2 atom stereocenters. The lowest BCUT2D eigenvalue weighted by atomic mass is 9.91. The maximum atomic E-state index is 5.88. The topological polar surface area (TPSA) is 68.8 Å². The van der Waals surface area contributed by atoms with E-state index < -0.39 is 0 Å². The summed E-state index contributed by atoms with van der Waals surface area (Å²) in [6.45, 7) is 6.53. The lowest BCUT2D eigenvalue weighted by Crippen LogP contribution is -2.28. The number of nitrogens with two attached hydrogens (primary N) is 1. The Bertz CT molecular complexity index is 893. The van der Waals surface area contributed by atoms with Crippen LogP contribution in [-0.2, 0) is 0 Å². The molecule has 1 aromatic heterocycles. The van der Waals surface area contributed by atoms with E-state index in [4.69, 9.17) is 5.73 Å². The average molecular weight is 347 g/mol. The average Bonchev–Trinajstić information content (AvgIpc) is 3.01. The van der Waals surface area contributed by atoms with Crippen molar-refractivity contribution >= 4 is 11.9 Å². The van der Waals surface area contributed by atoms with Gasteiger partial charge in [-0.3, -0.25) is 0 Å². The lowest BCUT2D eigenvalue weighted by Gasteiger charge is -2.32. The minimum atomic E-state index is 0.114. The van der Waals surface area contributed by atoms with Crippen LogP contribution in [0.25, 0.3) is 0 Å². The standard InChI is InChI=1S/C21H25N5/c1-13(2)15-8-10-17(11-9-15)19-12-18(16-6-4-14(3)5-7-16)23-21-24-20(22)25-26(19)21/h4-11,13,18-19H,12H2,1-3H3,(H3,22,23,24,25)/t18-,19+/m0/s1. The van der Waals surface area contributed by atoms with Crippen molar-refractivity contribution in [3.05, 3.63) is 70.8 Å². The lowest BCUT2D eigenvalue weighted by molar-refractivity contribution is 0.431. The van der Waals surface area contributed by atoms with Crippen LogP contribution in [0.2, 0.25) is 0 Å². The molecular formula is C21H25N5. The normalized spacial score (nSPS) is 19.2. The molecule has 2 heterocycles. The third-order valence-corrected chi connectivity index (χ3v) is 5.17. The number of rotatable bonds is 3. The second-order valence-corrected chi connectivity index (χ2v) is 7.42. The fourth-order valence-corrected chi connectivity index (χ4v) is 3.59. The van der Waals surface area contributed by atoms with E-state index in [1.807, 2.05) is 4.68 Å². The molecule has 3 N–H and O–H groups in total. The van der Waals surface area contributed by atoms with E-state index >= 15 is 0 Å². The number of nitrogen functional groups attached to an aromatic ring is 1. The molecule has 26 heavy (non-hydrogen) atoms. The van der Waals surface area contributed by atoms with Gasteiger partial charge in [0.1, 0.15) is 0 Å². The molecule has 0 unspecified atom stereocenters. The summed E-state index contributed by atoms with van der Waals surface area (Å²) < 4.78 is 1.92. The molecule has 5 nitrogen and oxygen atoms in total. The monoisotopic (exact) mass is 347 g/mol. The molecular weight excluding hydrogens is 322 g/mol. The Morgan fingerprint density at radius 2 is 1.69 bits per heavy atom. The Hall–Kier alpha value is -2.82. The fourth-order valence-electron chi connectivity index (χ4n) is 3.59. The molecule has 2 aromatic carbocycles. The van der Waals surface area contributed by atoms with Crippen molar-refractivity contribution in [3.63, 3.8) is 0 Å². The summed E-state index contributed by atoms with van der Waals surface area (Å²) in [5, 5.41) is 7.92. The maximum absolute atomic E-state index is 5.88. The Morgan fingerprint density at radius 3 is 2.35 bits per heavy atom. The van der Waals surface area contributed by atoms with E-state index in [2.05, 4.69) is 84.7 Å². The third-order valence-electron chi connectivity index (χ3n) is 5.17. The van der Waals surface area contributed by atoms with Crippen LogP contribution >= 0.6 is 0 Å². The Kier molecular flexibility index (Phi) is 4.15. The van der Waals surface area contributed by atoms with Crippen molar-refractivity contribution < 1.29 is 0 Å². The zero-order valence-corrected chi connectivity index (χ0v) is 15.5. The first-order valence-corrected chi connectivity index (χ1v) is 9.16. The number of anilines is 2. The quantitative estimate of drug-likeness (QED) is 0.735. The van der Waals surface area contributed by atoms with E-state index in [9.17, 15) is 0 Å². The van der Waals surface area contributed by atoms with Crippen LogP contribution in [0.3, 0.4) is 0 Å². The maximum Gasteiger partial charge on any atom is 0.241 e. The van der Waals surface area contributed by atoms with E-state index in [0.717, 1.165) is 12.4 Å². The molecule has 0 radical (unpaired) electrons. The number of nitrogens with zero attached hydrogens (tertiary/aromatic N) is 3. The van der Waals surface area contributed by atoms with Gasteiger partial charge in [0.2, 0.25) is 11.9 Å². The highest BCUT2D eigenvalue weighted by Crippen LogP contribution is 2.38. The Morgan fingerprint density at radius 1 is 1.04 bits per heavy atom. The van der Waals surface area contributed by atoms with E-state index in [1.54, 1.807) is 0 Å². The summed E-state index contributed by atoms with van der Waals surface area (Å²) in [6.07, 6.45) is 0.903. The van der Waals surface area contributed by atoms with Crippen molar-refractivity contribution in [2.24, 2.45) is 0 Å². The van der Waals surface area contributed by atoms with Gasteiger partial charge in [-0.2, -0.15) is 4.98 Å². The zero-order valence-electron chi connectivity index (χ0n) is 15.5. The van der Waals surface area contributed by atoms with Crippen LogP contribution in [0, 0.1) is 6.92 Å². The van der Waals surface area contributed by atoms with Gasteiger partial charge in [-0.1, -0.05) is 67.9 Å². The van der Waals surface area contributed by atoms with Crippen LogP contribution in [0.1, 0.15) is 60.5 Å². The summed E-state index contributed by atoms with van der Waals surface area (Å²) >= 11 is 0. The summed E-state index contributed by atoms with van der Waals surface area (Å²) in [6, 6.07) is 17.8. The smallest absolute Gasteiger partial charge is 0.241 e. The van der Waals surface area contributed by atoms with Gasteiger partial charge in [0.15, 0.2) is 0 Å². The molecule has 0 fully saturated rings. The highest BCUT2D eigenvalue weighted by Gasteiger charge is 2.30. The van der Waals surface area contributed by atoms with Crippen LogP contribution in [0.4, 0.5) is 11.9 Å². The predicted octanol–water partition coefficient (Wildman–Crippen LogP) is 4.44.